The summed E-state index contributed by atoms with van der Waals surface area (Å²) < 4.78 is 13.2. The number of thiocarbonyl (C=S) groups is 1. The lowest BCUT2D eigenvalue weighted by Crippen LogP contribution is -2.30. The Morgan fingerprint density at radius 3 is 2.45 bits per heavy atom. The van der Waals surface area contributed by atoms with Gasteiger partial charge < -0.3 is 29.4 Å². The summed E-state index contributed by atoms with van der Waals surface area (Å²) in [4.78, 5) is 18.7. The lowest BCUT2D eigenvalue weighted by atomic mass is 9.96. The number of carboxylic acids is 1. The summed E-state index contributed by atoms with van der Waals surface area (Å²) in [5.74, 6) is 0.337. The van der Waals surface area contributed by atoms with Crippen LogP contribution < -0.4 is 19.7 Å². The standard InChI is InChI=1S/C29H28N4O4S/c1-17-15-21(18(2)32(17)23-11-6-5-9-20(23)28(34)35)27-26(22-10-7-8-14-30-22)31-29(38)33(27)24-16-19(36-3)12-13-25(24)37-4/h5-16,26-27H,1-4H3,(H,31,38)(H,34,35)/t26-,27+/m1/s1. The molecule has 3 heterocycles. The maximum Gasteiger partial charge on any atom is 0.337 e. The van der Waals surface area contributed by atoms with E-state index in [1.807, 2.05) is 71.8 Å². The predicted octanol–water partition coefficient (Wildman–Crippen LogP) is 5.38. The van der Waals surface area contributed by atoms with Crippen LogP contribution in [0.1, 0.15) is 45.1 Å². The number of carboxylic acid groups (broad SMARTS) is 1. The van der Waals surface area contributed by atoms with Crippen molar-refractivity contribution in [2.24, 2.45) is 0 Å². The molecule has 1 fully saturated rings. The zero-order valence-electron chi connectivity index (χ0n) is 21.5. The zero-order chi connectivity index (χ0) is 27.0. The van der Waals surface area contributed by atoms with Gasteiger partial charge in [-0.15, -0.1) is 0 Å². The maximum atomic E-state index is 12.0. The van der Waals surface area contributed by atoms with Crippen LogP contribution in [-0.4, -0.2) is 40.0 Å². The molecule has 0 bridgehead atoms. The molecule has 194 valence electrons. The Morgan fingerprint density at radius 1 is 1.00 bits per heavy atom. The summed E-state index contributed by atoms with van der Waals surface area (Å²) in [5, 5.41) is 13.9. The first kappa shape index (κ1) is 25.3. The molecule has 1 aliphatic rings. The lowest BCUT2D eigenvalue weighted by Gasteiger charge is -2.29. The van der Waals surface area contributed by atoms with Crippen molar-refractivity contribution in [3.8, 4) is 17.2 Å². The van der Waals surface area contributed by atoms with Crippen LogP contribution in [0, 0.1) is 13.8 Å². The quantitative estimate of drug-likeness (QED) is 0.309. The molecular formula is C29H28N4O4S. The molecule has 1 saturated heterocycles. The van der Waals surface area contributed by atoms with Gasteiger partial charge in [0, 0.05) is 23.7 Å². The number of aromatic carboxylic acids is 1. The molecule has 0 amide bonds. The van der Waals surface area contributed by atoms with Gasteiger partial charge in [0.15, 0.2) is 5.11 Å². The first-order valence-electron chi connectivity index (χ1n) is 12.1. The highest BCUT2D eigenvalue weighted by Crippen LogP contribution is 2.47. The van der Waals surface area contributed by atoms with Crippen molar-refractivity contribution in [1.82, 2.24) is 14.9 Å². The van der Waals surface area contributed by atoms with E-state index in [9.17, 15) is 9.90 Å². The molecular weight excluding hydrogens is 500 g/mol. The number of methoxy groups -OCH3 is 2. The second kappa shape index (κ2) is 10.2. The van der Waals surface area contributed by atoms with Gasteiger partial charge in [-0.25, -0.2) is 4.79 Å². The maximum absolute atomic E-state index is 12.0. The van der Waals surface area contributed by atoms with Crippen LogP contribution in [0.2, 0.25) is 0 Å². The number of aromatic nitrogens is 2. The molecule has 2 atom stereocenters. The minimum Gasteiger partial charge on any atom is -0.497 e. The van der Waals surface area contributed by atoms with E-state index in [0.717, 1.165) is 28.3 Å². The smallest absolute Gasteiger partial charge is 0.337 e. The number of rotatable bonds is 7. The van der Waals surface area contributed by atoms with E-state index in [2.05, 4.69) is 16.4 Å². The Kier molecular flexibility index (Phi) is 6.77. The van der Waals surface area contributed by atoms with Gasteiger partial charge >= 0.3 is 5.97 Å². The number of para-hydroxylation sites is 1. The summed E-state index contributed by atoms with van der Waals surface area (Å²) in [7, 11) is 3.24. The number of benzene rings is 2. The van der Waals surface area contributed by atoms with Gasteiger partial charge in [-0.2, -0.15) is 0 Å². The normalized spacial score (nSPS) is 16.8. The number of aryl methyl sites for hydroxylation is 1. The van der Waals surface area contributed by atoms with Crippen molar-refractivity contribution < 1.29 is 19.4 Å². The van der Waals surface area contributed by atoms with Crippen molar-refractivity contribution in [2.45, 2.75) is 25.9 Å². The SMILES string of the molecule is COc1ccc(OC)c(N2C(=S)N[C@H](c3ccccn3)[C@@H]2c2cc(C)n(-c3ccccc3C(=O)O)c2C)c1. The summed E-state index contributed by atoms with van der Waals surface area (Å²) in [6.07, 6.45) is 1.76. The fraction of sp³-hybridized carbons (Fsp3) is 0.207. The van der Waals surface area contributed by atoms with Gasteiger partial charge in [0.1, 0.15) is 11.5 Å². The average Bonchev–Trinajstić information content (AvgIpc) is 3.43. The van der Waals surface area contributed by atoms with Gasteiger partial charge in [0.05, 0.1) is 48.9 Å². The third kappa shape index (κ3) is 4.24. The van der Waals surface area contributed by atoms with E-state index >= 15 is 0 Å². The van der Waals surface area contributed by atoms with Gasteiger partial charge in [-0.05, 0) is 74.1 Å². The third-order valence-corrected chi connectivity index (χ3v) is 7.22. The molecule has 38 heavy (non-hydrogen) atoms. The molecule has 0 spiro atoms. The Balaban J connectivity index is 1.74. The van der Waals surface area contributed by atoms with E-state index in [-0.39, 0.29) is 17.6 Å². The van der Waals surface area contributed by atoms with Gasteiger partial charge in [0.2, 0.25) is 0 Å². The molecule has 2 N–H and O–H groups in total. The van der Waals surface area contributed by atoms with E-state index in [1.165, 1.54) is 0 Å². The van der Waals surface area contributed by atoms with Crippen molar-refractivity contribution in [3.05, 3.63) is 101 Å². The molecule has 0 unspecified atom stereocenters. The van der Waals surface area contributed by atoms with Crippen molar-refractivity contribution in [3.63, 3.8) is 0 Å². The van der Waals surface area contributed by atoms with E-state index in [0.29, 0.717) is 22.3 Å². The number of hydrogen-bond acceptors (Lipinski definition) is 5. The summed E-state index contributed by atoms with van der Waals surface area (Å²) in [6.45, 7) is 3.97. The van der Waals surface area contributed by atoms with Crippen LogP contribution in [0.15, 0.2) is 72.9 Å². The molecule has 0 saturated carbocycles. The first-order valence-corrected chi connectivity index (χ1v) is 12.5. The average molecular weight is 529 g/mol. The Labute approximate surface area is 226 Å². The summed E-state index contributed by atoms with van der Waals surface area (Å²) >= 11 is 5.90. The lowest BCUT2D eigenvalue weighted by molar-refractivity contribution is 0.0697. The fourth-order valence-corrected chi connectivity index (χ4v) is 5.56. The molecule has 2 aromatic heterocycles. The molecule has 2 aromatic carbocycles. The van der Waals surface area contributed by atoms with E-state index < -0.39 is 5.97 Å². The highest BCUT2D eigenvalue weighted by atomic mass is 32.1. The van der Waals surface area contributed by atoms with Crippen LogP contribution in [0.4, 0.5) is 5.69 Å². The molecule has 5 rings (SSSR count). The molecule has 0 radical (unpaired) electrons. The Hall–Kier alpha value is -4.37. The highest BCUT2D eigenvalue weighted by Gasteiger charge is 2.43. The third-order valence-electron chi connectivity index (χ3n) is 6.91. The van der Waals surface area contributed by atoms with Crippen LogP contribution in [0.3, 0.4) is 0 Å². The second-order valence-electron chi connectivity index (χ2n) is 9.02. The largest absolute Gasteiger partial charge is 0.497 e. The first-order chi connectivity index (χ1) is 18.3. The van der Waals surface area contributed by atoms with Crippen LogP contribution in [-0.2, 0) is 0 Å². The minimum atomic E-state index is -0.979. The molecule has 9 heteroatoms. The van der Waals surface area contributed by atoms with Gasteiger partial charge in [-0.3, -0.25) is 4.98 Å². The monoisotopic (exact) mass is 528 g/mol. The van der Waals surface area contributed by atoms with Crippen LogP contribution in [0.5, 0.6) is 11.5 Å². The fourth-order valence-electron chi connectivity index (χ4n) is 5.22. The number of pyridine rings is 1. The Morgan fingerprint density at radius 2 is 1.76 bits per heavy atom. The number of hydrogen-bond donors (Lipinski definition) is 2. The zero-order valence-corrected chi connectivity index (χ0v) is 22.3. The van der Waals surface area contributed by atoms with Crippen LogP contribution >= 0.6 is 12.2 Å². The predicted molar refractivity (Wildman–Crippen MR) is 150 cm³/mol. The number of nitrogens with one attached hydrogen (secondary N) is 1. The molecule has 1 aliphatic heterocycles. The number of ether oxygens (including phenoxy) is 2. The number of anilines is 1. The summed E-state index contributed by atoms with van der Waals surface area (Å²) in [5.41, 5.74) is 5.21. The van der Waals surface area contributed by atoms with Crippen LogP contribution in [0.25, 0.3) is 5.69 Å². The molecule has 8 nitrogen and oxygen atoms in total. The van der Waals surface area contributed by atoms with Gasteiger partial charge in [0.25, 0.3) is 0 Å². The number of nitrogens with zero attached hydrogens (tertiary/aromatic N) is 3. The van der Waals surface area contributed by atoms with Crippen molar-refractivity contribution >= 4 is 29.0 Å². The van der Waals surface area contributed by atoms with Crippen molar-refractivity contribution in [1.29, 1.82) is 0 Å². The second-order valence-corrected chi connectivity index (χ2v) is 9.41. The highest BCUT2D eigenvalue weighted by molar-refractivity contribution is 7.80. The van der Waals surface area contributed by atoms with E-state index in [4.69, 9.17) is 21.7 Å². The molecule has 4 aromatic rings. The van der Waals surface area contributed by atoms with Gasteiger partial charge in [-0.1, -0.05) is 18.2 Å². The van der Waals surface area contributed by atoms with Crippen molar-refractivity contribution in [2.75, 3.05) is 19.1 Å². The Bertz CT molecular complexity index is 1520. The molecule has 0 aliphatic carbocycles. The summed E-state index contributed by atoms with van der Waals surface area (Å²) in [6, 6.07) is 19.9. The van der Waals surface area contributed by atoms with E-state index in [1.54, 1.807) is 32.5 Å². The minimum absolute atomic E-state index is 0.230. The topological polar surface area (TPSA) is 88.9 Å². The number of carbonyl (C=O) groups is 1.